The first kappa shape index (κ1) is 10.5. The van der Waals surface area contributed by atoms with E-state index in [1.54, 1.807) is 6.92 Å². The molecule has 0 aliphatic carbocycles. The van der Waals surface area contributed by atoms with Gasteiger partial charge in [-0.25, -0.2) is 13.1 Å². The van der Waals surface area contributed by atoms with Crippen LogP contribution in [0.1, 0.15) is 6.92 Å². The minimum atomic E-state index is -3.48. The number of rotatable bonds is 4. The van der Waals surface area contributed by atoms with E-state index in [9.17, 15) is 8.42 Å². The average molecular weight is 224 g/mol. The molecule has 7 heteroatoms. The summed E-state index contributed by atoms with van der Waals surface area (Å²) in [6.07, 6.45) is 1.37. The number of sulfonamides is 1. The van der Waals surface area contributed by atoms with Crippen molar-refractivity contribution < 1.29 is 8.42 Å². The van der Waals surface area contributed by atoms with Crippen molar-refractivity contribution in [1.29, 1.82) is 0 Å². The molecule has 0 aliphatic heterocycles. The molecule has 0 fully saturated rings. The highest BCUT2D eigenvalue weighted by atomic mass is 35.5. The van der Waals surface area contributed by atoms with Crippen molar-refractivity contribution in [2.24, 2.45) is 0 Å². The number of hydrogen-bond donors (Lipinski definition) is 2. The van der Waals surface area contributed by atoms with Crippen LogP contribution in [-0.2, 0) is 10.0 Å². The van der Waals surface area contributed by atoms with Crippen molar-refractivity contribution in [3.8, 4) is 0 Å². The summed E-state index contributed by atoms with van der Waals surface area (Å²) in [5.74, 6) is 0.230. The van der Waals surface area contributed by atoms with Crippen molar-refractivity contribution in [2.75, 3.05) is 5.88 Å². The van der Waals surface area contributed by atoms with Gasteiger partial charge in [0.2, 0.25) is 0 Å². The first-order valence-electron chi connectivity index (χ1n) is 3.64. The highest BCUT2D eigenvalue weighted by Crippen LogP contribution is 2.03. The van der Waals surface area contributed by atoms with Crippen LogP contribution in [0.3, 0.4) is 0 Å². The van der Waals surface area contributed by atoms with Gasteiger partial charge in [0, 0.05) is 11.9 Å². The van der Waals surface area contributed by atoms with E-state index in [4.69, 9.17) is 11.6 Å². The van der Waals surface area contributed by atoms with Crippen molar-refractivity contribution in [1.82, 2.24) is 14.9 Å². The van der Waals surface area contributed by atoms with Crippen LogP contribution in [0.5, 0.6) is 0 Å². The van der Waals surface area contributed by atoms with E-state index in [2.05, 4.69) is 14.9 Å². The zero-order valence-corrected chi connectivity index (χ0v) is 8.56. The lowest BCUT2D eigenvalue weighted by atomic mass is 10.4. The Hall–Kier alpha value is -0.590. The number of nitrogens with zero attached hydrogens (tertiary/aromatic N) is 1. The molecule has 0 amide bonds. The van der Waals surface area contributed by atoms with Crippen LogP contribution in [0.15, 0.2) is 17.3 Å². The SMILES string of the molecule is CC(CCl)NS(=O)(=O)c1ccn[nH]1. The van der Waals surface area contributed by atoms with Gasteiger partial charge < -0.3 is 0 Å². The molecule has 0 saturated heterocycles. The largest absolute Gasteiger partial charge is 0.266 e. The Kier molecular flexibility index (Phi) is 3.29. The second-order valence-corrected chi connectivity index (χ2v) is 4.59. The molecule has 1 aromatic heterocycles. The Bertz CT molecular complexity index is 348. The molecule has 1 heterocycles. The van der Waals surface area contributed by atoms with Gasteiger partial charge in [-0.1, -0.05) is 0 Å². The van der Waals surface area contributed by atoms with Gasteiger partial charge >= 0.3 is 0 Å². The van der Waals surface area contributed by atoms with Crippen molar-refractivity contribution in [2.45, 2.75) is 18.0 Å². The summed E-state index contributed by atoms with van der Waals surface area (Å²) in [6.45, 7) is 1.68. The van der Waals surface area contributed by atoms with Crippen LogP contribution in [-0.4, -0.2) is 30.5 Å². The maximum Gasteiger partial charge on any atom is 0.257 e. The van der Waals surface area contributed by atoms with Gasteiger partial charge in [0.25, 0.3) is 10.0 Å². The highest BCUT2D eigenvalue weighted by molar-refractivity contribution is 7.89. The molecule has 13 heavy (non-hydrogen) atoms. The van der Waals surface area contributed by atoms with Gasteiger partial charge in [0.05, 0.1) is 6.20 Å². The second kappa shape index (κ2) is 4.08. The van der Waals surface area contributed by atoms with E-state index in [-0.39, 0.29) is 16.9 Å². The third-order valence-corrected chi connectivity index (χ3v) is 3.33. The Morgan fingerprint density at radius 1 is 1.77 bits per heavy atom. The predicted octanol–water partition coefficient (Wildman–Crippen LogP) is 0.315. The summed E-state index contributed by atoms with van der Waals surface area (Å²) in [5.41, 5.74) is 0. The van der Waals surface area contributed by atoms with Crippen LogP contribution in [0.4, 0.5) is 0 Å². The number of H-pyrrole nitrogens is 1. The van der Waals surface area contributed by atoms with E-state index < -0.39 is 10.0 Å². The zero-order valence-electron chi connectivity index (χ0n) is 6.99. The van der Waals surface area contributed by atoms with Crippen LogP contribution >= 0.6 is 11.6 Å². The number of hydrogen-bond acceptors (Lipinski definition) is 3. The number of alkyl halides is 1. The first-order valence-corrected chi connectivity index (χ1v) is 5.65. The molecule has 0 spiro atoms. The fourth-order valence-corrected chi connectivity index (χ4v) is 2.07. The topological polar surface area (TPSA) is 74.8 Å². The fraction of sp³-hybridized carbons (Fsp3) is 0.500. The Balaban J connectivity index is 2.79. The summed E-state index contributed by atoms with van der Waals surface area (Å²) in [4.78, 5) is 0. The smallest absolute Gasteiger partial charge is 0.257 e. The summed E-state index contributed by atoms with van der Waals surface area (Å²) >= 11 is 5.47. The molecular weight excluding hydrogens is 214 g/mol. The quantitative estimate of drug-likeness (QED) is 0.722. The van der Waals surface area contributed by atoms with Crippen molar-refractivity contribution in [3.05, 3.63) is 12.3 Å². The van der Waals surface area contributed by atoms with E-state index in [0.717, 1.165) is 0 Å². The van der Waals surface area contributed by atoms with Gasteiger partial charge in [-0.2, -0.15) is 5.10 Å². The number of aromatic nitrogens is 2. The van der Waals surface area contributed by atoms with Gasteiger partial charge in [-0.3, -0.25) is 5.10 Å². The lowest BCUT2D eigenvalue weighted by Crippen LogP contribution is -2.33. The monoisotopic (exact) mass is 223 g/mol. The normalized spacial score (nSPS) is 14.3. The van der Waals surface area contributed by atoms with Crippen molar-refractivity contribution >= 4 is 21.6 Å². The van der Waals surface area contributed by atoms with E-state index in [1.807, 2.05) is 0 Å². The highest BCUT2D eigenvalue weighted by Gasteiger charge is 2.17. The molecule has 1 unspecified atom stereocenters. The van der Waals surface area contributed by atoms with Gasteiger partial charge in [0.15, 0.2) is 5.03 Å². The molecule has 0 radical (unpaired) electrons. The number of halogens is 1. The van der Waals surface area contributed by atoms with Crippen LogP contribution in [0, 0.1) is 0 Å². The zero-order chi connectivity index (χ0) is 9.90. The van der Waals surface area contributed by atoms with E-state index in [1.165, 1.54) is 12.3 Å². The first-order chi connectivity index (χ1) is 6.06. The van der Waals surface area contributed by atoms with Crippen LogP contribution in [0.2, 0.25) is 0 Å². The minimum absolute atomic E-state index is 0.0458. The van der Waals surface area contributed by atoms with E-state index >= 15 is 0 Å². The lowest BCUT2D eigenvalue weighted by Gasteiger charge is -2.08. The molecule has 0 aromatic carbocycles. The second-order valence-electron chi connectivity index (χ2n) is 2.60. The molecule has 5 nitrogen and oxygen atoms in total. The van der Waals surface area contributed by atoms with Crippen molar-refractivity contribution in [3.63, 3.8) is 0 Å². The molecule has 1 rings (SSSR count). The van der Waals surface area contributed by atoms with Crippen LogP contribution < -0.4 is 4.72 Å². The van der Waals surface area contributed by atoms with Crippen LogP contribution in [0.25, 0.3) is 0 Å². The Morgan fingerprint density at radius 3 is 2.92 bits per heavy atom. The summed E-state index contributed by atoms with van der Waals surface area (Å²) in [5, 5.41) is 5.95. The summed E-state index contributed by atoms with van der Waals surface area (Å²) in [6, 6.07) is 1.08. The standard InChI is InChI=1S/C6H10ClN3O2S/c1-5(4-7)10-13(11,12)6-2-3-8-9-6/h2-3,5,10H,4H2,1H3,(H,8,9). The third kappa shape index (κ3) is 2.68. The van der Waals surface area contributed by atoms with E-state index in [0.29, 0.717) is 0 Å². The maximum atomic E-state index is 11.4. The fourth-order valence-electron chi connectivity index (χ4n) is 0.753. The predicted molar refractivity (Wildman–Crippen MR) is 49.1 cm³/mol. The number of aromatic amines is 1. The molecule has 74 valence electrons. The minimum Gasteiger partial charge on any atom is -0.266 e. The Labute approximate surface area is 81.5 Å². The van der Waals surface area contributed by atoms with Gasteiger partial charge in [0.1, 0.15) is 0 Å². The molecule has 1 aromatic rings. The lowest BCUT2D eigenvalue weighted by molar-refractivity contribution is 0.566. The summed E-state index contributed by atoms with van der Waals surface area (Å²) < 4.78 is 25.2. The average Bonchev–Trinajstić information content (AvgIpc) is 2.55. The molecule has 2 N–H and O–H groups in total. The summed E-state index contributed by atoms with van der Waals surface area (Å²) in [7, 11) is -3.48. The van der Waals surface area contributed by atoms with Gasteiger partial charge in [-0.15, -0.1) is 11.6 Å². The molecule has 0 bridgehead atoms. The maximum absolute atomic E-state index is 11.4. The molecule has 0 saturated carbocycles. The third-order valence-electron chi connectivity index (χ3n) is 1.35. The number of nitrogens with one attached hydrogen (secondary N) is 2. The molecule has 0 aliphatic rings. The molecule has 1 atom stereocenters. The Morgan fingerprint density at radius 2 is 2.46 bits per heavy atom. The molecular formula is C6H10ClN3O2S. The van der Waals surface area contributed by atoms with Gasteiger partial charge in [-0.05, 0) is 13.0 Å².